The maximum absolute atomic E-state index is 13.6. The van der Waals surface area contributed by atoms with Crippen molar-refractivity contribution in [2.75, 3.05) is 34.3 Å². The third-order valence-corrected chi connectivity index (χ3v) is 17.7. The van der Waals surface area contributed by atoms with Crippen LogP contribution < -0.4 is 0 Å². The summed E-state index contributed by atoms with van der Waals surface area (Å²) in [6.45, 7) is 0.758. The zero-order valence-electron chi connectivity index (χ0n) is 48.0. The van der Waals surface area contributed by atoms with Crippen LogP contribution in [0.15, 0.2) is 30.3 Å². The van der Waals surface area contributed by atoms with Gasteiger partial charge in [0.05, 0.1) is 7.11 Å². The number of methoxy groups -OCH3 is 1. The Bertz CT molecular complexity index is 1370. The summed E-state index contributed by atoms with van der Waals surface area (Å²) in [5, 5.41) is 0. The van der Waals surface area contributed by atoms with Crippen molar-refractivity contribution in [3.63, 3.8) is 0 Å². The van der Waals surface area contributed by atoms with Crippen molar-refractivity contribution in [2.24, 2.45) is 5.41 Å². The van der Waals surface area contributed by atoms with Crippen molar-refractivity contribution in [2.45, 2.75) is 333 Å². The van der Waals surface area contributed by atoms with Crippen LogP contribution in [0.3, 0.4) is 0 Å². The van der Waals surface area contributed by atoms with E-state index in [9.17, 15) is 9.59 Å². The van der Waals surface area contributed by atoms with Crippen molar-refractivity contribution in [1.29, 1.82) is 0 Å². The summed E-state index contributed by atoms with van der Waals surface area (Å²) >= 11 is 0. The molecule has 71 heavy (non-hydrogen) atoms. The molecule has 1 saturated carbocycles. The van der Waals surface area contributed by atoms with Gasteiger partial charge in [-0.1, -0.05) is 326 Å². The minimum absolute atomic E-state index is 0.0747. The number of carbonyl (C=O) groups is 2. The van der Waals surface area contributed by atoms with Gasteiger partial charge in [0.25, 0.3) is 0 Å². The number of benzene rings is 1. The van der Waals surface area contributed by atoms with E-state index in [1.807, 2.05) is 4.90 Å². The first-order chi connectivity index (χ1) is 34.9. The number of amides is 1. The third kappa shape index (κ3) is 30.9. The number of hydrogen-bond donors (Lipinski definition) is 0. The van der Waals surface area contributed by atoms with Crippen molar-refractivity contribution in [1.82, 2.24) is 9.80 Å². The van der Waals surface area contributed by atoms with E-state index >= 15 is 0 Å². The standard InChI is InChI=1S/C66H120N2O3/c1-67(2)66(62-53-49-48-50-54-62)56-52-47-45-43-41-39-37-35-33-31-29-27-25-23-21-19-17-15-13-11-9-7-5-4-6-8-10-12-14-16-18-20-22-24-26-28-30-32-34-36-38-40-42-44-46-51-55-65(57-58-66)59-63(69)68(61-65)60-64(70)71-3/h48-50,53-54H,4-47,51-52,55-61H2,1-3H3. The molecule has 1 aromatic carbocycles. The van der Waals surface area contributed by atoms with E-state index in [1.54, 1.807) is 0 Å². The zero-order valence-corrected chi connectivity index (χ0v) is 48.0. The second-order valence-electron chi connectivity index (χ2n) is 24.1. The van der Waals surface area contributed by atoms with Crippen molar-refractivity contribution in [3.05, 3.63) is 35.9 Å². The van der Waals surface area contributed by atoms with E-state index in [2.05, 4.69) is 49.3 Å². The van der Waals surface area contributed by atoms with Crippen LogP contribution in [0.5, 0.6) is 0 Å². The van der Waals surface area contributed by atoms with Gasteiger partial charge in [0.15, 0.2) is 0 Å². The normalized spacial score (nSPS) is 25.9. The summed E-state index contributed by atoms with van der Waals surface area (Å²) < 4.78 is 5.04. The van der Waals surface area contributed by atoms with Gasteiger partial charge in [-0.2, -0.15) is 0 Å². The molecule has 0 N–H and O–H groups in total. The highest BCUT2D eigenvalue weighted by molar-refractivity contribution is 5.84. The summed E-state index contributed by atoms with van der Waals surface area (Å²) in [5.74, 6) is -0.179. The second kappa shape index (κ2) is 43.4. The number of nitrogens with zero attached hydrogens (tertiary/aromatic N) is 2. The Hall–Kier alpha value is -1.88. The highest BCUT2D eigenvalue weighted by atomic mass is 16.5. The Balaban J connectivity index is 1.44. The maximum Gasteiger partial charge on any atom is 0.325 e. The molecular formula is C66H120N2O3. The third-order valence-electron chi connectivity index (χ3n) is 17.7. The number of ether oxygens (including phenoxy) is 1. The Morgan fingerprint density at radius 3 is 0.986 bits per heavy atom. The van der Waals surface area contributed by atoms with Crippen molar-refractivity contribution in [3.8, 4) is 0 Å². The zero-order chi connectivity index (χ0) is 50.6. The van der Waals surface area contributed by atoms with Crippen LogP contribution in [0.2, 0.25) is 0 Å². The largest absolute Gasteiger partial charge is 0.468 e. The molecule has 1 aliphatic carbocycles. The maximum atomic E-state index is 13.6. The topological polar surface area (TPSA) is 49.9 Å². The van der Waals surface area contributed by atoms with E-state index < -0.39 is 0 Å². The predicted molar refractivity (Wildman–Crippen MR) is 308 cm³/mol. The molecule has 1 heterocycles. The smallest absolute Gasteiger partial charge is 0.325 e. The van der Waals surface area contributed by atoms with Crippen molar-refractivity contribution < 1.29 is 14.3 Å². The minimum atomic E-state index is -0.309. The fourth-order valence-corrected chi connectivity index (χ4v) is 12.8. The molecule has 1 spiro atoms. The molecule has 0 radical (unpaired) electrons. The monoisotopic (exact) mass is 989 g/mol. The highest BCUT2D eigenvalue weighted by Crippen LogP contribution is 2.46. The molecule has 0 bridgehead atoms. The molecule has 2 atom stereocenters. The molecular weight excluding hydrogens is 869 g/mol. The Kier molecular flexibility index (Phi) is 38.7. The molecule has 1 amide bonds. The molecule has 1 aliphatic heterocycles. The number of carbonyl (C=O) groups excluding carboxylic acids is 2. The molecule has 1 saturated heterocycles. The number of likely N-dealkylation sites (tertiary alicyclic amines) is 1. The molecule has 5 heteroatoms. The van der Waals surface area contributed by atoms with Crippen LogP contribution in [0.1, 0.15) is 333 Å². The Morgan fingerprint density at radius 1 is 0.423 bits per heavy atom. The lowest BCUT2D eigenvalue weighted by molar-refractivity contribution is -0.145. The lowest BCUT2D eigenvalue weighted by Crippen LogP contribution is -2.43. The Labute approximate surface area is 442 Å². The molecule has 5 nitrogen and oxygen atoms in total. The van der Waals surface area contributed by atoms with E-state index in [-0.39, 0.29) is 29.4 Å². The lowest BCUT2D eigenvalue weighted by atomic mass is 9.71. The fraction of sp³-hybridized carbons (Fsp3) is 0.879. The van der Waals surface area contributed by atoms with E-state index in [4.69, 9.17) is 4.74 Å². The van der Waals surface area contributed by atoms with Gasteiger partial charge in [0.1, 0.15) is 6.54 Å². The molecule has 2 fully saturated rings. The average Bonchev–Trinajstić information content (AvgIpc) is 3.68. The molecule has 412 valence electrons. The minimum Gasteiger partial charge on any atom is -0.468 e. The predicted octanol–water partition coefficient (Wildman–Crippen LogP) is 20.4. The molecule has 3 rings (SSSR count). The van der Waals surface area contributed by atoms with Crippen LogP contribution in [0, 0.1) is 5.41 Å². The quantitative estimate of drug-likeness (QED) is 0.282. The van der Waals surface area contributed by atoms with Gasteiger partial charge in [-0.3, -0.25) is 14.5 Å². The molecule has 2 aliphatic rings. The van der Waals surface area contributed by atoms with E-state index in [0.29, 0.717) is 13.0 Å². The summed E-state index contributed by atoms with van der Waals surface area (Å²) in [6, 6.07) is 11.3. The van der Waals surface area contributed by atoms with Gasteiger partial charge >= 0.3 is 5.97 Å². The van der Waals surface area contributed by atoms with Crippen LogP contribution in [-0.4, -0.2) is 56.0 Å². The van der Waals surface area contributed by atoms with Gasteiger partial charge in [-0.05, 0) is 50.8 Å². The van der Waals surface area contributed by atoms with E-state index in [1.165, 1.54) is 308 Å². The Morgan fingerprint density at radius 2 is 0.704 bits per heavy atom. The fourth-order valence-electron chi connectivity index (χ4n) is 12.8. The SMILES string of the molecule is COC(=O)CN1CC2(CCCCCCCCCCCCCCCCCCCCCCCCCCCCCCCCCCCCCCCCCCCCCCCCC(c3ccccc3)(N(C)C)CC2)CC1=O. The first-order valence-corrected chi connectivity index (χ1v) is 32.0. The average molecular weight is 990 g/mol. The van der Waals surface area contributed by atoms with Crippen LogP contribution >= 0.6 is 0 Å². The lowest BCUT2D eigenvalue weighted by Gasteiger charge is -2.43. The molecule has 1 aromatic rings. The molecule has 0 aromatic heterocycles. The number of hydrogen-bond acceptors (Lipinski definition) is 4. The van der Waals surface area contributed by atoms with Gasteiger partial charge in [0.2, 0.25) is 5.91 Å². The van der Waals surface area contributed by atoms with Gasteiger partial charge in [0, 0.05) is 18.5 Å². The van der Waals surface area contributed by atoms with Crippen molar-refractivity contribution >= 4 is 11.9 Å². The summed E-state index contributed by atoms with van der Waals surface area (Å²) in [5.41, 5.74) is 1.24. The van der Waals surface area contributed by atoms with Gasteiger partial charge in [-0.25, -0.2) is 0 Å². The number of rotatable bonds is 4. The highest BCUT2D eigenvalue weighted by Gasteiger charge is 2.45. The van der Waals surface area contributed by atoms with E-state index in [0.717, 1.165) is 25.7 Å². The summed E-state index contributed by atoms with van der Waals surface area (Å²) in [4.78, 5) is 30.3. The number of esters is 1. The first-order valence-electron chi connectivity index (χ1n) is 32.0. The second-order valence-corrected chi connectivity index (χ2v) is 24.1. The van der Waals surface area contributed by atoms with Crippen LogP contribution in [0.25, 0.3) is 0 Å². The first kappa shape index (κ1) is 63.4. The van der Waals surface area contributed by atoms with Crippen LogP contribution in [-0.2, 0) is 19.9 Å². The molecule has 2 unspecified atom stereocenters. The summed E-state index contributed by atoms with van der Waals surface area (Å²) in [7, 11) is 6.00. The van der Waals surface area contributed by atoms with Gasteiger partial charge in [-0.15, -0.1) is 0 Å². The van der Waals surface area contributed by atoms with Crippen LogP contribution in [0.4, 0.5) is 0 Å². The summed E-state index contributed by atoms with van der Waals surface area (Å²) in [6.07, 6.45) is 70.1. The van der Waals surface area contributed by atoms with Gasteiger partial charge < -0.3 is 9.64 Å².